The maximum atomic E-state index is 11.5. The minimum atomic E-state index is -0.686. The molecule has 1 N–H and O–H groups in total. The zero-order valence-electron chi connectivity index (χ0n) is 13.6. The number of aliphatic carboxylic acids is 1. The van der Waals surface area contributed by atoms with E-state index in [4.69, 9.17) is 14.2 Å². The van der Waals surface area contributed by atoms with Crippen LogP contribution < -0.4 is 14.2 Å². The van der Waals surface area contributed by atoms with Crippen molar-refractivity contribution in [1.82, 2.24) is 4.90 Å². The Bertz CT molecular complexity index is 589. The van der Waals surface area contributed by atoms with Gasteiger partial charge >= 0.3 is 5.97 Å². The van der Waals surface area contributed by atoms with Crippen LogP contribution in [0.5, 0.6) is 17.2 Å². The van der Waals surface area contributed by atoms with E-state index in [0.29, 0.717) is 30.3 Å². The zero-order chi connectivity index (χ0) is 16.4. The fourth-order valence-electron chi connectivity index (χ4n) is 3.57. The van der Waals surface area contributed by atoms with Crippen LogP contribution in [0.3, 0.4) is 0 Å². The van der Waals surface area contributed by atoms with Gasteiger partial charge in [-0.1, -0.05) is 13.3 Å². The Morgan fingerprint density at radius 1 is 1.39 bits per heavy atom. The van der Waals surface area contributed by atoms with Crippen molar-refractivity contribution < 1.29 is 24.1 Å². The molecule has 23 heavy (non-hydrogen) atoms. The molecule has 1 aromatic carbocycles. The molecular formula is C17H23NO5. The van der Waals surface area contributed by atoms with Gasteiger partial charge in [0, 0.05) is 19.6 Å². The lowest BCUT2D eigenvalue weighted by Gasteiger charge is -2.17. The molecule has 0 spiro atoms. The number of rotatable bonds is 6. The van der Waals surface area contributed by atoms with E-state index in [9.17, 15) is 9.90 Å². The summed E-state index contributed by atoms with van der Waals surface area (Å²) < 4.78 is 16.2. The van der Waals surface area contributed by atoms with Crippen molar-refractivity contribution in [2.24, 2.45) is 11.8 Å². The highest BCUT2D eigenvalue weighted by molar-refractivity contribution is 5.71. The highest BCUT2D eigenvalue weighted by Crippen LogP contribution is 2.42. The van der Waals surface area contributed by atoms with Crippen LogP contribution in [0.4, 0.5) is 0 Å². The van der Waals surface area contributed by atoms with Crippen molar-refractivity contribution in [1.29, 1.82) is 0 Å². The Balaban J connectivity index is 1.74. The number of likely N-dealkylation sites (tertiary alicyclic amines) is 1. The van der Waals surface area contributed by atoms with Gasteiger partial charge in [-0.2, -0.15) is 0 Å². The molecule has 1 aromatic rings. The SMILES string of the molecule is CCC[C@@H]1CN(Cc2cc(OC)c3c(c2)OCO3)C[C@H]1C(=O)O. The van der Waals surface area contributed by atoms with Gasteiger partial charge in [-0.05, 0) is 30.0 Å². The Morgan fingerprint density at radius 2 is 2.22 bits per heavy atom. The lowest BCUT2D eigenvalue weighted by molar-refractivity contribution is -0.142. The Hall–Kier alpha value is -1.95. The molecule has 2 aliphatic heterocycles. The first kappa shape index (κ1) is 15.9. The molecule has 2 atom stereocenters. The van der Waals surface area contributed by atoms with Crippen molar-refractivity contribution in [3.8, 4) is 17.2 Å². The first-order valence-electron chi connectivity index (χ1n) is 8.04. The monoisotopic (exact) mass is 321 g/mol. The highest BCUT2D eigenvalue weighted by Gasteiger charge is 2.37. The summed E-state index contributed by atoms with van der Waals surface area (Å²) in [6.45, 7) is 4.41. The summed E-state index contributed by atoms with van der Waals surface area (Å²) in [6.07, 6.45) is 1.97. The van der Waals surface area contributed by atoms with E-state index in [1.54, 1.807) is 7.11 Å². The molecule has 0 amide bonds. The van der Waals surface area contributed by atoms with Crippen molar-refractivity contribution in [2.75, 3.05) is 27.0 Å². The summed E-state index contributed by atoms with van der Waals surface area (Å²) in [6, 6.07) is 3.89. The largest absolute Gasteiger partial charge is 0.493 e. The maximum Gasteiger partial charge on any atom is 0.308 e. The third kappa shape index (κ3) is 3.22. The molecule has 0 radical (unpaired) electrons. The second kappa shape index (κ2) is 6.66. The number of benzene rings is 1. The number of carboxylic acids is 1. The van der Waals surface area contributed by atoms with E-state index < -0.39 is 5.97 Å². The molecule has 0 aliphatic carbocycles. The summed E-state index contributed by atoms with van der Waals surface area (Å²) in [4.78, 5) is 13.7. The molecule has 126 valence electrons. The number of hydrogen-bond donors (Lipinski definition) is 1. The number of carboxylic acid groups (broad SMARTS) is 1. The number of nitrogens with zero attached hydrogens (tertiary/aromatic N) is 1. The second-order valence-corrected chi connectivity index (χ2v) is 6.22. The topological polar surface area (TPSA) is 68.2 Å². The molecule has 1 saturated heterocycles. The summed E-state index contributed by atoms with van der Waals surface area (Å²) in [5.74, 6) is 1.27. The molecule has 0 bridgehead atoms. The van der Waals surface area contributed by atoms with Crippen molar-refractivity contribution >= 4 is 5.97 Å². The quantitative estimate of drug-likeness (QED) is 0.867. The first-order chi connectivity index (χ1) is 11.1. The number of carbonyl (C=O) groups is 1. The van der Waals surface area contributed by atoms with E-state index >= 15 is 0 Å². The fourth-order valence-corrected chi connectivity index (χ4v) is 3.57. The molecule has 6 nitrogen and oxygen atoms in total. The van der Waals surface area contributed by atoms with Gasteiger partial charge in [0.2, 0.25) is 12.5 Å². The standard InChI is InChI=1S/C17H23NO5/c1-3-4-12-8-18(9-13(12)17(19)20)7-11-5-14(21-2)16-15(6-11)22-10-23-16/h5-6,12-13H,3-4,7-10H2,1-2H3,(H,19,20)/t12-,13-/m1/s1. The van der Waals surface area contributed by atoms with Crippen LogP contribution in [0.25, 0.3) is 0 Å². The van der Waals surface area contributed by atoms with Crippen LogP contribution in [-0.4, -0.2) is 43.0 Å². The average molecular weight is 321 g/mol. The summed E-state index contributed by atoms with van der Waals surface area (Å²) in [7, 11) is 1.61. The summed E-state index contributed by atoms with van der Waals surface area (Å²) >= 11 is 0. The van der Waals surface area contributed by atoms with E-state index in [1.165, 1.54) is 0 Å². The van der Waals surface area contributed by atoms with Crippen LogP contribution >= 0.6 is 0 Å². The van der Waals surface area contributed by atoms with Crippen LogP contribution in [-0.2, 0) is 11.3 Å². The molecule has 2 heterocycles. The minimum absolute atomic E-state index is 0.207. The molecule has 0 unspecified atom stereocenters. The lowest BCUT2D eigenvalue weighted by Crippen LogP contribution is -2.23. The number of methoxy groups -OCH3 is 1. The predicted octanol–water partition coefficient (Wildman–Crippen LogP) is 2.36. The van der Waals surface area contributed by atoms with Gasteiger partial charge in [0.1, 0.15) is 0 Å². The van der Waals surface area contributed by atoms with Gasteiger partial charge in [0.15, 0.2) is 11.5 Å². The van der Waals surface area contributed by atoms with Gasteiger partial charge in [0.25, 0.3) is 0 Å². The van der Waals surface area contributed by atoms with E-state index in [2.05, 4.69) is 11.8 Å². The second-order valence-electron chi connectivity index (χ2n) is 6.22. The summed E-state index contributed by atoms with van der Waals surface area (Å²) in [5, 5.41) is 9.42. The highest BCUT2D eigenvalue weighted by atomic mass is 16.7. The minimum Gasteiger partial charge on any atom is -0.493 e. The van der Waals surface area contributed by atoms with Crippen molar-refractivity contribution in [3.05, 3.63) is 17.7 Å². The molecule has 6 heteroatoms. The van der Waals surface area contributed by atoms with Crippen LogP contribution in [0.1, 0.15) is 25.3 Å². The molecular weight excluding hydrogens is 298 g/mol. The van der Waals surface area contributed by atoms with Crippen LogP contribution in [0.2, 0.25) is 0 Å². The lowest BCUT2D eigenvalue weighted by atomic mass is 9.92. The van der Waals surface area contributed by atoms with Gasteiger partial charge in [-0.3, -0.25) is 9.69 Å². The number of ether oxygens (including phenoxy) is 3. The van der Waals surface area contributed by atoms with Gasteiger partial charge in [-0.15, -0.1) is 0 Å². The average Bonchev–Trinajstić information content (AvgIpc) is 3.13. The van der Waals surface area contributed by atoms with E-state index in [0.717, 1.165) is 24.9 Å². The third-order valence-corrected chi connectivity index (χ3v) is 4.62. The molecule has 3 rings (SSSR count). The maximum absolute atomic E-state index is 11.5. The van der Waals surface area contributed by atoms with Crippen molar-refractivity contribution in [2.45, 2.75) is 26.3 Å². The zero-order valence-corrected chi connectivity index (χ0v) is 13.6. The van der Waals surface area contributed by atoms with Crippen molar-refractivity contribution in [3.63, 3.8) is 0 Å². The van der Waals surface area contributed by atoms with E-state index in [1.807, 2.05) is 12.1 Å². The smallest absolute Gasteiger partial charge is 0.308 e. The van der Waals surface area contributed by atoms with Gasteiger partial charge in [-0.25, -0.2) is 0 Å². The first-order valence-corrected chi connectivity index (χ1v) is 8.04. The Morgan fingerprint density at radius 3 is 2.91 bits per heavy atom. The predicted molar refractivity (Wildman–Crippen MR) is 83.9 cm³/mol. The molecule has 0 saturated carbocycles. The molecule has 1 fully saturated rings. The normalized spacial score (nSPS) is 23.2. The summed E-state index contributed by atoms with van der Waals surface area (Å²) in [5.41, 5.74) is 1.05. The Labute approximate surface area is 135 Å². The molecule has 0 aromatic heterocycles. The Kier molecular flexibility index (Phi) is 4.61. The van der Waals surface area contributed by atoms with Gasteiger partial charge < -0.3 is 19.3 Å². The number of fused-ring (bicyclic) bond motifs is 1. The third-order valence-electron chi connectivity index (χ3n) is 4.62. The fraction of sp³-hybridized carbons (Fsp3) is 0.588. The van der Waals surface area contributed by atoms with Crippen LogP contribution in [0.15, 0.2) is 12.1 Å². The van der Waals surface area contributed by atoms with Gasteiger partial charge in [0.05, 0.1) is 13.0 Å². The number of hydrogen-bond acceptors (Lipinski definition) is 5. The molecule has 2 aliphatic rings. The van der Waals surface area contributed by atoms with E-state index in [-0.39, 0.29) is 18.6 Å². The van der Waals surface area contributed by atoms with Crippen LogP contribution in [0, 0.1) is 11.8 Å².